The van der Waals surface area contributed by atoms with Gasteiger partial charge in [-0.3, -0.25) is 10.1 Å². The van der Waals surface area contributed by atoms with Crippen molar-refractivity contribution in [1.82, 2.24) is 20.1 Å². The molecule has 0 amide bonds. The van der Waals surface area contributed by atoms with Gasteiger partial charge in [-0.15, -0.1) is 0 Å². The Bertz CT molecular complexity index is 495. The average molecular weight is 280 g/mol. The molecule has 20 heavy (non-hydrogen) atoms. The molecule has 1 aliphatic carbocycles. The van der Waals surface area contributed by atoms with Gasteiger partial charge in [0.1, 0.15) is 17.2 Å². The third kappa shape index (κ3) is 3.17. The van der Waals surface area contributed by atoms with Gasteiger partial charge in [-0.25, -0.2) is 9.67 Å². The Morgan fingerprint density at radius 1 is 1.55 bits per heavy atom. The number of aryl methyl sites for hydroxylation is 2. The van der Waals surface area contributed by atoms with E-state index in [1.807, 2.05) is 25.5 Å². The van der Waals surface area contributed by atoms with Gasteiger partial charge in [0.2, 0.25) is 0 Å². The van der Waals surface area contributed by atoms with E-state index >= 15 is 0 Å². The second kappa shape index (κ2) is 5.52. The second-order valence-electron chi connectivity index (χ2n) is 5.95. The summed E-state index contributed by atoms with van der Waals surface area (Å²) in [7, 11) is 1.44. The van der Waals surface area contributed by atoms with Crippen LogP contribution in [0.5, 0.6) is 0 Å². The standard InChI is InChI=1S/C14H24N4O2/c1-9(18-11(3)15-10(2)17-18)8-14(4,13(19)20-5)16-12-6-7-12/h9,12,16H,6-8H2,1-5H3. The average Bonchev–Trinajstić information content (AvgIpc) is 3.11. The Balaban J connectivity index is 2.14. The minimum atomic E-state index is -0.679. The molecule has 0 aliphatic heterocycles. The Hall–Kier alpha value is -1.43. The van der Waals surface area contributed by atoms with Gasteiger partial charge in [0.25, 0.3) is 0 Å². The first-order valence-electron chi connectivity index (χ1n) is 7.11. The maximum Gasteiger partial charge on any atom is 0.325 e. The van der Waals surface area contributed by atoms with E-state index in [9.17, 15) is 4.79 Å². The summed E-state index contributed by atoms with van der Waals surface area (Å²) < 4.78 is 6.85. The van der Waals surface area contributed by atoms with Crippen molar-refractivity contribution in [3.8, 4) is 0 Å². The van der Waals surface area contributed by atoms with E-state index < -0.39 is 5.54 Å². The lowest BCUT2D eigenvalue weighted by Gasteiger charge is -2.31. The summed E-state index contributed by atoms with van der Waals surface area (Å²) in [5, 5.41) is 7.81. The van der Waals surface area contributed by atoms with E-state index in [0.717, 1.165) is 24.5 Å². The van der Waals surface area contributed by atoms with Crippen molar-refractivity contribution >= 4 is 5.97 Å². The SMILES string of the molecule is COC(=O)C(C)(CC(C)n1nc(C)nc1C)NC1CC1. The Morgan fingerprint density at radius 3 is 2.65 bits per heavy atom. The van der Waals surface area contributed by atoms with Crippen molar-refractivity contribution in [2.75, 3.05) is 7.11 Å². The summed E-state index contributed by atoms with van der Waals surface area (Å²) in [6.07, 6.45) is 2.88. The molecule has 2 atom stereocenters. The fourth-order valence-electron chi connectivity index (χ4n) is 2.74. The Labute approximate surface area is 119 Å². The van der Waals surface area contributed by atoms with Crippen molar-refractivity contribution < 1.29 is 9.53 Å². The predicted molar refractivity (Wildman–Crippen MR) is 75.4 cm³/mol. The monoisotopic (exact) mass is 280 g/mol. The largest absolute Gasteiger partial charge is 0.468 e. The van der Waals surface area contributed by atoms with Crippen LogP contribution in [0.3, 0.4) is 0 Å². The zero-order chi connectivity index (χ0) is 14.9. The second-order valence-corrected chi connectivity index (χ2v) is 5.95. The van der Waals surface area contributed by atoms with Crippen LogP contribution >= 0.6 is 0 Å². The number of methoxy groups -OCH3 is 1. The summed E-state index contributed by atoms with van der Waals surface area (Å²) in [4.78, 5) is 16.4. The maximum atomic E-state index is 12.1. The van der Waals surface area contributed by atoms with Crippen LogP contribution in [0.25, 0.3) is 0 Å². The lowest BCUT2D eigenvalue weighted by Crippen LogP contribution is -2.52. The van der Waals surface area contributed by atoms with Gasteiger partial charge in [0.05, 0.1) is 13.2 Å². The fraction of sp³-hybridized carbons (Fsp3) is 0.786. The molecule has 2 rings (SSSR count). The van der Waals surface area contributed by atoms with Crippen molar-refractivity contribution in [3.63, 3.8) is 0 Å². The summed E-state index contributed by atoms with van der Waals surface area (Å²) in [6.45, 7) is 7.77. The highest BCUT2D eigenvalue weighted by Crippen LogP contribution is 2.28. The van der Waals surface area contributed by atoms with Crippen LogP contribution in [0.4, 0.5) is 0 Å². The molecule has 0 aromatic carbocycles. The first kappa shape index (κ1) is 15.0. The number of hydrogen-bond donors (Lipinski definition) is 1. The molecule has 1 saturated carbocycles. The van der Waals surface area contributed by atoms with Crippen LogP contribution < -0.4 is 5.32 Å². The summed E-state index contributed by atoms with van der Waals surface area (Å²) in [5.41, 5.74) is -0.679. The first-order valence-corrected chi connectivity index (χ1v) is 7.11. The van der Waals surface area contributed by atoms with Gasteiger partial charge in [0.15, 0.2) is 0 Å². The third-order valence-corrected chi connectivity index (χ3v) is 3.76. The molecule has 1 aliphatic rings. The molecule has 0 radical (unpaired) electrons. The van der Waals surface area contributed by atoms with Crippen LogP contribution in [0, 0.1) is 13.8 Å². The fourth-order valence-corrected chi connectivity index (χ4v) is 2.74. The molecule has 1 N–H and O–H groups in total. The molecule has 0 bridgehead atoms. The molecule has 112 valence electrons. The molecule has 6 nitrogen and oxygen atoms in total. The summed E-state index contributed by atoms with van der Waals surface area (Å²) in [6, 6.07) is 0.511. The number of rotatable bonds is 6. The number of hydrogen-bond acceptors (Lipinski definition) is 5. The van der Waals surface area contributed by atoms with Gasteiger partial charge in [-0.1, -0.05) is 0 Å². The van der Waals surface area contributed by atoms with E-state index in [1.165, 1.54) is 7.11 Å². The minimum absolute atomic E-state index is 0.0755. The third-order valence-electron chi connectivity index (χ3n) is 3.76. The van der Waals surface area contributed by atoms with Gasteiger partial charge in [-0.05, 0) is 47.0 Å². The van der Waals surface area contributed by atoms with Crippen molar-refractivity contribution in [1.29, 1.82) is 0 Å². The molecule has 1 aromatic rings. The Kier molecular flexibility index (Phi) is 4.13. The smallest absolute Gasteiger partial charge is 0.325 e. The molecule has 6 heteroatoms. The maximum absolute atomic E-state index is 12.1. The highest BCUT2D eigenvalue weighted by atomic mass is 16.5. The summed E-state index contributed by atoms with van der Waals surface area (Å²) >= 11 is 0. The van der Waals surface area contributed by atoms with E-state index in [2.05, 4.69) is 22.3 Å². The lowest BCUT2D eigenvalue weighted by molar-refractivity contribution is -0.148. The molecule has 1 heterocycles. The van der Waals surface area contributed by atoms with Gasteiger partial charge in [0, 0.05) is 6.04 Å². The highest BCUT2D eigenvalue weighted by molar-refractivity contribution is 5.80. The molecule has 0 spiro atoms. The quantitative estimate of drug-likeness (QED) is 0.800. The molecular weight excluding hydrogens is 256 g/mol. The number of nitrogens with zero attached hydrogens (tertiary/aromatic N) is 3. The number of carbonyl (C=O) groups is 1. The zero-order valence-corrected chi connectivity index (χ0v) is 12.9. The van der Waals surface area contributed by atoms with Crippen LogP contribution in [-0.4, -0.2) is 39.4 Å². The van der Waals surface area contributed by atoms with Gasteiger partial charge in [-0.2, -0.15) is 5.10 Å². The van der Waals surface area contributed by atoms with Crippen molar-refractivity contribution in [3.05, 3.63) is 11.6 Å². The normalized spacial score (nSPS) is 19.4. The highest BCUT2D eigenvalue weighted by Gasteiger charge is 2.41. The molecule has 1 aromatic heterocycles. The molecule has 1 fully saturated rings. The molecular formula is C14H24N4O2. The van der Waals surface area contributed by atoms with E-state index in [0.29, 0.717) is 12.5 Å². The van der Waals surface area contributed by atoms with Crippen LogP contribution in [0.15, 0.2) is 0 Å². The van der Waals surface area contributed by atoms with Crippen LogP contribution in [-0.2, 0) is 9.53 Å². The summed E-state index contributed by atoms with van der Waals surface area (Å²) in [5.74, 6) is 1.41. The number of aromatic nitrogens is 3. The topological polar surface area (TPSA) is 69.0 Å². The van der Waals surface area contributed by atoms with Crippen LogP contribution in [0.1, 0.15) is 50.8 Å². The molecule has 2 unspecified atom stereocenters. The van der Waals surface area contributed by atoms with Crippen molar-refractivity contribution in [2.24, 2.45) is 0 Å². The Morgan fingerprint density at radius 2 is 2.20 bits per heavy atom. The van der Waals surface area contributed by atoms with Crippen LogP contribution in [0.2, 0.25) is 0 Å². The van der Waals surface area contributed by atoms with E-state index in [4.69, 9.17) is 4.74 Å². The lowest BCUT2D eigenvalue weighted by atomic mass is 9.93. The number of ether oxygens (including phenoxy) is 1. The zero-order valence-electron chi connectivity index (χ0n) is 12.9. The number of nitrogens with one attached hydrogen (secondary N) is 1. The number of esters is 1. The predicted octanol–water partition coefficient (Wildman–Crippen LogP) is 1.53. The van der Waals surface area contributed by atoms with E-state index in [-0.39, 0.29) is 12.0 Å². The number of carbonyl (C=O) groups excluding carboxylic acids is 1. The minimum Gasteiger partial charge on any atom is -0.468 e. The van der Waals surface area contributed by atoms with Crippen molar-refractivity contribution in [2.45, 2.75) is 64.6 Å². The molecule has 0 saturated heterocycles. The first-order chi connectivity index (χ1) is 9.35. The van der Waals surface area contributed by atoms with Gasteiger partial charge < -0.3 is 4.74 Å². The van der Waals surface area contributed by atoms with Gasteiger partial charge >= 0.3 is 5.97 Å². The van der Waals surface area contributed by atoms with E-state index in [1.54, 1.807) is 0 Å².